The third-order valence-electron chi connectivity index (χ3n) is 5.72. The van der Waals surface area contributed by atoms with Crippen LogP contribution in [-0.4, -0.2) is 79.1 Å². The average Bonchev–Trinajstić information content (AvgIpc) is 2.82. The van der Waals surface area contributed by atoms with Crippen molar-refractivity contribution >= 4 is 0 Å². The number of nitrogens with two attached hydrogens (primary N) is 1. The third-order valence-corrected chi connectivity index (χ3v) is 5.72. The molecule has 3 unspecified atom stereocenters. The lowest BCUT2D eigenvalue weighted by molar-refractivity contribution is 0.0898. The predicted octanol–water partition coefficient (Wildman–Crippen LogP) is 0.188. The second-order valence-corrected chi connectivity index (χ2v) is 6.70. The van der Waals surface area contributed by atoms with Crippen molar-refractivity contribution in [2.75, 3.05) is 46.8 Å². The zero-order valence-electron chi connectivity index (χ0n) is 11.9. The first-order chi connectivity index (χ1) is 8.64. The molecule has 3 heterocycles. The van der Waals surface area contributed by atoms with Crippen LogP contribution < -0.4 is 5.73 Å². The van der Waals surface area contributed by atoms with Crippen LogP contribution >= 0.6 is 0 Å². The lowest BCUT2D eigenvalue weighted by Gasteiger charge is -2.41. The van der Waals surface area contributed by atoms with Gasteiger partial charge in [-0.15, -0.1) is 0 Å². The van der Waals surface area contributed by atoms with E-state index in [1.54, 1.807) is 0 Å². The normalized spacial score (nSPS) is 43.5. The minimum absolute atomic E-state index is 0.264. The first-order valence-electron chi connectivity index (χ1n) is 7.50. The largest absolute Gasteiger partial charge is 0.329 e. The van der Waals surface area contributed by atoms with Crippen LogP contribution in [0.5, 0.6) is 0 Å². The van der Waals surface area contributed by atoms with Gasteiger partial charge in [0, 0.05) is 43.8 Å². The molecule has 2 bridgehead atoms. The van der Waals surface area contributed by atoms with E-state index in [1.165, 1.54) is 45.3 Å². The summed E-state index contributed by atoms with van der Waals surface area (Å²) in [5.74, 6) is 0. The van der Waals surface area contributed by atoms with Gasteiger partial charge in [0.05, 0.1) is 0 Å². The number of likely N-dealkylation sites (tertiary alicyclic amines) is 2. The molecule has 3 rings (SSSR count). The van der Waals surface area contributed by atoms with Gasteiger partial charge in [0.15, 0.2) is 0 Å². The van der Waals surface area contributed by atoms with Crippen molar-refractivity contribution in [3.63, 3.8) is 0 Å². The summed E-state index contributed by atoms with van der Waals surface area (Å²) in [5, 5.41) is 0. The molecule has 3 atom stereocenters. The standard InChI is InChI=1S/C14H28N4/c1-16-8-6-14(10-15,11-16)18-7-5-12-3-4-13(9-18)17(12)2/h12-13H,3-11,15H2,1-2H3. The van der Waals surface area contributed by atoms with Crippen molar-refractivity contribution in [1.29, 1.82) is 0 Å². The van der Waals surface area contributed by atoms with E-state index in [0.717, 1.165) is 25.2 Å². The van der Waals surface area contributed by atoms with E-state index >= 15 is 0 Å². The zero-order valence-corrected chi connectivity index (χ0v) is 11.9. The summed E-state index contributed by atoms with van der Waals surface area (Å²) >= 11 is 0. The van der Waals surface area contributed by atoms with Crippen molar-refractivity contribution in [1.82, 2.24) is 14.7 Å². The molecule has 0 aromatic heterocycles. The number of hydrogen-bond acceptors (Lipinski definition) is 4. The molecular formula is C14H28N4. The summed E-state index contributed by atoms with van der Waals surface area (Å²) in [6, 6.07) is 1.60. The zero-order chi connectivity index (χ0) is 12.8. The third kappa shape index (κ3) is 1.99. The Kier molecular flexibility index (Phi) is 3.39. The Morgan fingerprint density at radius 3 is 2.56 bits per heavy atom. The number of nitrogens with zero attached hydrogens (tertiary/aromatic N) is 3. The molecule has 2 N–H and O–H groups in total. The van der Waals surface area contributed by atoms with Crippen LogP contribution in [0.15, 0.2) is 0 Å². The van der Waals surface area contributed by atoms with Crippen LogP contribution in [0.1, 0.15) is 25.7 Å². The molecule has 4 nitrogen and oxygen atoms in total. The molecule has 0 saturated carbocycles. The highest BCUT2D eigenvalue weighted by Crippen LogP contribution is 2.34. The second kappa shape index (κ2) is 4.75. The molecular weight excluding hydrogens is 224 g/mol. The van der Waals surface area contributed by atoms with Crippen LogP contribution in [0.4, 0.5) is 0 Å². The van der Waals surface area contributed by atoms with Gasteiger partial charge in [0.1, 0.15) is 0 Å². The first-order valence-corrected chi connectivity index (χ1v) is 7.50. The topological polar surface area (TPSA) is 35.7 Å². The van der Waals surface area contributed by atoms with Crippen LogP contribution in [-0.2, 0) is 0 Å². The fourth-order valence-electron chi connectivity index (χ4n) is 4.35. The van der Waals surface area contributed by atoms with Crippen molar-refractivity contribution in [3.05, 3.63) is 0 Å². The van der Waals surface area contributed by atoms with E-state index in [0.29, 0.717) is 0 Å². The monoisotopic (exact) mass is 252 g/mol. The summed E-state index contributed by atoms with van der Waals surface area (Å²) < 4.78 is 0. The van der Waals surface area contributed by atoms with Crippen LogP contribution in [0.2, 0.25) is 0 Å². The maximum Gasteiger partial charge on any atom is 0.0471 e. The van der Waals surface area contributed by atoms with E-state index < -0.39 is 0 Å². The van der Waals surface area contributed by atoms with Crippen molar-refractivity contribution < 1.29 is 0 Å². The molecule has 0 aromatic carbocycles. The van der Waals surface area contributed by atoms with Gasteiger partial charge in [-0.2, -0.15) is 0 Å². The fourth-order valence-corrected chi connectivity index (χ4v) is 4.35. The van der Waals surface area contributed by atoms with E-state index in [2.05, 4.69) is 28.8 Å². The quantitative estimate of drug-likeness (QED) is 0.761. The number of rotatable bonds is 2. The van der Waals surface area contributed by atoms with Gasteiger partial charge < -0.3 is 10.6 Å². The van der Waals surface area contributed by atoms with Gasteiger partial charge in [0.2, 0.25) is 0 Å². The highest BCUT2D eigenvalue weighted by Gasteiger charge is 2.45. The molecule has 104 valence electrons. The summed E-state index contributed by atoms with van der Waals surface area (Å²) in [5.41, 5.74) is 6.43. The fraction of sp³-hybridized carbons (Fsp3) is 1.00. The minimum atomic E-state index is 0.264. The molecule has 3 aliphatic rings. The number of hydrogen-bond donors (Lipinski definition) is 1. The molecule has 0 amide bonds. The average molecular weight is 252 g/mol. The molecule has 0 radical (unpaired) electrons. The highest BCUT2D eigenvalue weighted by molar-refractivity contribution is 5.03. The Hall–Kier alpha value is -0.160. The maximum absolute atomic E-state index is 6.16. The van der Waals surface area contributed by atoms with E-state index in [4.69, 9.17) is 5.73 Å². The number of likely N-dealkylation sites (N-methyl/N-ethyl adjacent to an activating group) is 2. The van der Waals surface area contributed by atoms with Crippen molar-refractivity contribution in [2.45, 2.75) is 43.3 Å². The van der Waals surface area contributed by atoms with Gasteiger partial charge in [-0.3, -0.25) is 9.80 Å². The molecule has 3 fully saturated rings. The van der Waals surface area contributed by atoms with Gasteiger partial charge in [-0.05, 0) is 46.3 Å². The maximum atomic E-state index is 6.16. The van der Waals surface area contributed by atoms with Gasteiger partial charge in [-0.1, -0.05) is 0 Å². The molecule has 3 saturated heterocycles. The Balaban J connectivity index is 1.76. The van der Waals surface area contributed by atoms with Crippen LogP contribution in [0, 0.1) is 0 Å². The van der Waals surface area contributed by atoms with E-state index in [1.807, 2.05) is 0 Å². The predicted molar refractivity (Wildman–Crippen MR) is 74.7 cm³/mol. The molecule has 0 aromatic rings. The summed E-state index contributed by atoms with van der Waals surface area (Å²) in [7, 11) is 4.55. The van der Waals surface area contributed by atoms with E-state index in [9.17, 15) is 0 Å². The Bertz CT molecular complexity index is 308. The van der Waals surface area contributed by atoms with Gasteiger partial charge >= 0.3 is 0 Å². The van der Waals surface area contributed by atoms with Crippen molar-refractivity contribution in [3.8, 4) is 0 Å². The Labute approximate surface area is 111 Å². The Morgan fingerprint density at radius 2 is 1.89 bits per heavy atom. The number of fused-ring (bicyclic) bond motifs is 2. The first kappa shape index (κ1) is 12.9. The van der Waals surface area contributed by atoms with Crippen LogP contribution in [0.3, 0.4) is 0 Å². The molecule has 0 aliphatic carbocycles. The summed E-state index contributed by atoms with van der Waals surface area (Å²) in [6.07, 6.45) is 5.37. The molecule has 3 aliphatic heterocycles. The summed E-state index contributed by atoms with van der Waals surface area (Å²) in [4.78, 5) is 7.80. The van der Waals surface area contributed by atoms with Crippen molar-refractivity contribution in [2.24, 2.45) is 5.73 Å². The Morgan fingerprint density at radius 1 is 1.11 bits per heavy atom. The highest BCUT2D eigenvalue weighted by atomic mass is 15.3. The van der Waals surface area contributed by atoms with Gasteiger partial charge in [0.25, 0.3) is 0 Å². The van der Waals surface area contributed by atoms with E-state index in [-0.39, 0.29) is 5.54 Å². The SMILES string of the molecule is CN1CCC(CN)(N2CCC3CCC(C2)N3C)C1. The van der Waals surface area contributed by atoms with Gasteiger partial charge in [-0.25, -0.2) is 0 Å². The smallest absolute Gasteiger partial charge is 0.0471 e. The second-order valence-electron chi connectivity index (χ2n) is 6.70. The lowest BCUT2D eigenvalue weighted by atomic mass is 9.94. The lowest BCUT2D eigenvalue weighted by Crippen LogP contribution is -2.57. The molecule has 4 heteroatoms. The summed E-state index contributed by atoms with van der Waals surface area (Å²) in [6.45, 7) is 5.66. The molecule has 18 heavy (non-hydrogen) atoms. The van der Waals surface area contributed by atoms with Crippen LogP contribution in [0.25, 0.3) is 0 Å². The molecule has 0 spiro atoms. The minimum Gasteiger partial charge on any atom is -0.329 e.